The van der Waals surface area contributed by atoms with E-state index in [0.29, 0.717) is 30.8 Å². The second-order valence-electron chi connectivity index (χ2n) is 4.41. The quantitative estimate of drug-likeness (QED) is 0.739. The van der Waals surface area contributed by atoms with Crippen LogP contribution in [0.15, 0.2) is 23.0 Å². The van der Waals surface area contributed by atoms with Gasteiger partial charge in [0.05, 0.1) is 5.57 Å². The van der Waals surface area contributed by atoms with Gasteiger partial charge in [0.1, 0.15) is 5.76 Å². The molecule has 2 rings (SSSR count). The summed E-state index contributed by atoms with van der Waals surface area (Å²) in [7, 11) is 0. The van der Waals surface area contributed by atoms with E-state index in [0.717, 1.165) is 12.0 Å². The average Bonchev–Trinajstić information content (AvgIpc) is 2.82. The predicted octanol–water partition coefficient (Wildman–Crippen LogP) is 0.890. The van der Waals surface area contributed by atoms with E-state index in [1.807, 2.05) is 13.8 Å². The Labute approximate surface area is 100 Å². The molecule has 0 saturated carbocycles. The SMILES string of the molecule is CC(C)=C1C=C(CNN2CCCC2=O)C(=O)O1. The van der Waals surface area contributed by atoms with Crippen LogP contribution in [0.2, 0.25) is 0 Å². The van der Waals surface area contributed by atoms with Gasteiger partial charge in [0.2, 0.25) is 5.91 Å². The Kier molecular flexibility index (Phi) is 3.28. The number of nitrogens with zero attached hydrogens (tertiary/aromatic N) is 1. The molecule has 0 bridgehead atoms. The molecule has 5 heteroatoms. The van der Waals surface area contributed by atoms with E-state index < -0.39 is 0 Å². The minimum atomic E-state index is -0.333. The predicted molar refractivity (Wildman–Crippen MR) is 61.5 cm³/mol. The zero-order chi connectivity index (χ0) is 12.4. The van der Waals surface area contributed by atoms with Gasteiger partial charge in [0, 0.05) is 19.5 Å². The minimum Gasteiger partial charge on any atom is -0.423 e. The molecule has 0 aliphatic carbocycles. The summed E-state index contributed by atoms with van der Waals surface area (Å²) < 4.78 is 5.08. The lowest BCUT2D eigenvalue weighted by atomic mass is 10.2. The van der Waals surface area contributed by atoms with Crippen molar-refractivity contribution in [3.8, 4) is 0 Å². The van der Waals surface area contributed by atoms with E-state index in [-0.39, 0.29) is 11.9 Å². The molecule has 0 aromatic rings. The lowest BCUT2D eigenvalue weighted by Crippen LogP contribution is -2.40. The Morgan fingerprint density at radius 2 is 2.24 bits per heavy atom. The molecule has 5 nitrogen and oxygen atoms in total. The fraction of sp³-hybridized carbons (Fsp3) is 0.500. The van der Waals surface area contributed by atoms with Gasteiger partial charge >= 0.3 is 5.97 Å². The second kappa shape index (κ2) is 4.71. The van der Waals surface area contributed by atoms with E-state index in [9.17, 15) is 9.59 Å². The van der Waals surface area contributed by atoms with Crippen LogP contribution in [0, 0.1) is 0 Å². The number of rotatable bonds is 3. The maximum atomic E-state index is 11.5. The van der Waals surface area contributed by atoms with Crippen molar-refractivity contribution in [3.05, 3.63) is 23.0 Å². The van der Waals surface area contributed by atoms with Gasteiger partial charge in [-0.3, -0.25) is 9.80 Å². The summed E-state index contributed by atoms with van der Waals surface area (Å²) in [6, 6.07) is 0. The first-order chi connectivity index (χ1) is 8.08. The van der Waals surface area contributed by atoms with Gasteiger partial charge in [0.15, 0.2) is 0 Å². The van der Waals surface area contributed by atoms with Crippen molar-refractivity contribution in [1.82, 2.24) is 10.4 Å². The highest BCUT2D eigenvalue weighted by Crippen LogP contribution is 2.19. The molecule has 1 fully saturated rings. The highest BCUT2D eigenvalue weighted by Gasteiger charge is 2.24. The Morgan fingerprint density at radius 3 is 2.76 bits per heavy atom. The van der Waals surface area contributed by atoms with Crippen LogP contribution in [0.5, 0.6) is 0 Å². The zero-order valence-electron chi connectivity index (χ0n) is 10.1. The maximum absolute atomic E-state index is 11.5. The van der Waals surface area contributed by atoms with Gasteiger partial charge in [-0.1, -0.05) is 0 Å². The number of hydrogen-bond donors (Lipinski definition) is 1. The third-order valence-electron chi connectivity index (χ3n) is 2.80. The first-order valence-electron chi connectivity index (χ1n) is 5.72. The molecule has 2 aliphatic heterocycles. The van der Waals surface area contributed by atoms with Gasteiger partial charge in [-0.25, -0.2) is 10.2 Å². The molecule has 0 atom stereocenters. The molecule has 1 saturated heterocycles. The summed E-state index contributed by atoms with van der Waals surface area (Å²) in [4.78, 5) is 22.9. The number of hydrazine groups is 1. The number of esters is 1. The molecule has 1 N–H and O–H groups in total. The third kappa shape index (κ3) is 2.55. The fourth-order valence-electron chi connectivity index (χ4n) is 1.78. The van der Waals surface area contributed by atoms with Crippen molar-refractivity contribution < 1.29 is 14.3 Å². The second-order valence-corrected chi connectivity index (χ2v) is 4.41. The Morgan fingerprint density at radius 1 is 1.47 bits per heavy atom. The lowest BCUT2D eigenvalue weighted by Gasteiger charge is -2.16. The number of amides is 1. The number of carbonyl (C=O) groups excluding carboxylic acids is 2. The van der Waals surface area contributed by atoms with Crippen LogP contribution in [0.4, 0.5) is 0 Å². The van der Waals surface area contributed by atoms with E-state index >= 15 is 0 Å². The van der Waals surface area contributed by atoms with Crippen molar-refractivity contribution >= 4 is 11.9 Å². The van der Waals surface area contributed by atoms with Crippen molar-refractivity contribution in [3.63, 3.8) is 0 Å². The first-order valence-corrected chi connectivity index (χ1v) is 5.72. The van der Waals surface area contributed by atoms with Gasteiger partial charge in [-0.05, 0) is 31.9 Å². The van der Waals surface area contributed by atoms with Crippen LogP contribution in [0.3, 0.4) is 0 Å². The van der Waals surface area contributed by atoms with Crippen molar-refractivity contribution in [2.24, 2.45) is 0 Å². The Hall–Kier alpha value is -1.62. The number of nitrogens with one attached hydrogen (secondary N) is 1. The van der Waals surface area contributed by atoms with Gasteiger partial charge < -0.3 is 4.74 Å². The molecule has 2 heterocycles. The van der Waals surface area contributed by atoms with Gasteiger partial charge in [-0.15, -0.1) is 0 Å². The molecule has 2 aliphatic rings. The molecule has 1 amide bonds. The van der Waals surface area contributed by atoms with Gasteiger partial charge in [-0.2, -0.15) is 0 Å². The van der Waals surface area contributed by atoms with Crippen LogP contribution >= 0.6 is 0 Å². The van der Waals surface area contributed by atoms with Crippen molar-refractivity contribution in [2.45, 2.75) is 26.7 Å². The van der Waals surface area contributed by atoms with Crippen LogP contribution in [0.25, 0.3) is 0 Å². The highest BCUT2D eigenvalue weighted by atomic mass is 16.5. The molecule has 0 unspecified atom stereocenters. The summed E-state index contributed by atoms with van der Waals surface area (Å²) in [6.45, 7) is 4.82. The van der Waals surface area contributed by atoms with Gasteiger partial charge in [0.25, 0.3) is 0 Å². The topological polar surface area (TPSA) is 58.6 Å². The molecule has 0 spiro atoms. The minimum absolute atomic E-state index is 0.0828. The summed E-state index contributed by atoms with van der Waals surface area (Å²) in [5.74, 6) is 0.360. The van der Waals surface area contributed by atoms with Crippen molar-refractivity contribution in [2.75, 3.05) is 13.1 Å². The standard InChI is InChI=1S/C12H16N2O3/c1-8(2)10-6-9(12(16)17-10)7-13-14-5-3-4-11(14)15/h6,13H,3-5,7H2,1-2H3. The average molecular weight is 236 g/mol. The molecule has 0 aromatic carbocycles. The van der Waals surface area contributed by atoms with Crippen molar-refractivity contribution in [1.29, 1.82) is 0 Å². The smallest absolute Gasteiger partial charge is 0.340 e. The maximum Gasteiger partial charge on any atom is 0.340 e. The highest BCUT2D eigenvalue weighted by molar-refractivity contribution is 5.93. The van der Waals surface area contributed by atoms with E-state index in [1.165, 1.54) is 0 Å². The van der Waals surface area contributed by atoms with E-state index in [2.05, 4.69) is 5.43 Å². The van der Waals surface area contributed by atoms with E-state index in [1.54, 1.807) is 11.1 Å². The van der Waals surface area contributed by atoms with Crippen LogP contribution in [-0.2, 0) is 14.3 Å². The summed E-state index contributed by atoms with van der Waals surface area (Å²) in [5, 5.41) is 1.56. The Balaban J connectivity index is 1.95. The molecule has 92 valence electrons. The monoisotopic (exact) mass is 236 g/mol. The number of allylic oxidation sites excluding steroid dienone is 2. The third-order valence-corrected chi connectivity index (χ3v) is 2.80. The summed E-state index contributed by atoms with van der Waals surface area (Å²) in [6.07, 6.45) is 3.18. The van der Waals surface area contributed by atoms with Crippen LogP contribution < -0.4 is 5.43 Å². The first kappa shape index (κ1) is 11.9. The number of hydrogen-bond acceptors (Lipinski definition) is 4. The molecular formula is C12H16N2O3. The molecule has 17 heavy (non-hydrogen) atoms. The number of ether oxygens (including phenoxy) is 1. The zero-order valence-corrected chi connectivity index (χ0v) is 10.1. The largest absolute Gasteiger partial charge is 0.423 e. The number of cyclic esters (lactones) is 1. The Bertz CT molecular complexity index is 419. The van der Waals surface area contributed by atoms with Crippen LogP contribution in [0.1, 0.15) is 26.7 Å². The normalized spacial score (nSPS) is 19.8. The molecular weight excluding hydrogens is 220 g/mol. The summed E-state index contributed by atoms with van der Waals surface area (Å²) >= 11 is 0. The van der Waals surface area contributed by atoms with Crippen LogP contribution in [-0.4, -0.2) is 30.0 Å². The summed E-state index contributed by atoms with van der Waals surface area (Å²) in [5.41, 5.74) is 4.48. The number of carbonyl (C=O) groups is 2. The molecule has 0 radical (unpaired) electrons. The van der Waals surface area contributed by atoms with E-state index in [4.69, 9.17) is 4.74 Å². The molecule has 0 aromatic heterocycles. The fourth-order valence-corrected chi connectivity index (χ4v) is 1.78. The lowest BCUT2D eigenvalue weighted by molar-refractivity contribution is -0.134.